The van der Waals surface area contributed by atoms with E-state index in [1.54, 1.807) is 18.3 Å². The molecule has 4 nitrogen and oxygen atoms in total. The van der Waals surface area contributed by atoms with Crippen LogP contribution in [0.25, 0.3) is 0 Å². The molecule has 2 heterocycles. The normalized spacial score (nSPS) is 21.3. The van der Waals surface area contributed by atoms with Crippen molar-refractivity contribution in [2.75, 3.05) is 13.1 Å². The number of aromatic nitrogens is 1. The van der Waals surface area contributed by atoms with Gasteiger partial charge in [0.2, 0.25) is 0 Å². The number of benzene rings is 1. The van der Waals surface area contributed by atoms with Crippen LogP contribution in [-0.4, -0.2) is 34.9 Å². The number of nitrogens with zero attached hydrogens (tertiary/aromatic N) is 2. The van der Waals surface area contributed by atoms with Gasteiger partial charge in [-0.1, -0.05) is 6.07 Å². The Labute approximate surface area is 151 Å². The number of hydrogen-bond donors (Lipinski definition) is 1. The van der Waals surface area contributed by atoms with Crippen LogP contribution in [0, 0.1) is 18.2 Å². The topological polar surface area (TPSA) is 45.2 Å². The third-order valence-electron chi connectivity index (χ3n) is 5.53. The van der Waals surface area contributed by atoms with E-state index < -0.39 is 5.82 Å². The van der Waals surface area contributed by atoms with E-state index in [9.17, 15) is 9.18 Å². The molecule has 1 unspecified atom stereocenters. The fourth-order valence-corrected chi connectivity index (χ4v) is 4.59. The highest BCUT2D eigenvalue weighted by Crippen LogP contribution is 2.56. The molecule has 1 aliphatic carbocycles. The summed E-state index contributed by atoms with van der Waals surface area (Å²) >= 11 is 1.54. The molecule has 25 heavy (non-hydrogen) atoms. The average molecular weight is 359 g/mol. The molecule has 6 heteroatoms. The Bertz CT molecular complexity index is 771. The molecule has 2 aromatic rings. The number of thiazole rings is 1. The third-order valence-corrected chi connectivity index (χ3v) is 6.29. The van der Waals surface area contributed by atoms with Gasteiger partial charge in [-0.2, -0.15) is 0 Å². The molecule has 1 saturated heterocycles. The molecule has 2 aliphatic rings. The third kappa shape index (κ3) is 3.20. The van der Waals surface area contributed by atoms with Crippen molar-refractivity contribution in [3.8, 4) is 0 Å². The standard InChI is InChI=1S/C19H22FN3OS/c1-13-2-3-14(15(20)10-13)18(24)23(12-17-22-8-9-25-17)16-11-19(16)4-6-21-7-5-19/h2-3,8-10,16,21H,4-7,11-12H2,1H3. The minimum Gasteiger partial charge on any atom is -0.328 e. The van der Waals surface area contributed by atoms with Gasteiger partial charge < -0.3 is 10.2 Å². The molecule has 1 aliphatic heterocycles. The quantitative estimate of drug-likeness (QED) is 0.910. The maximum Gasteiger partial charge on any atom is 0.257 e. The zero-order chi connectivity index (χ0) is 17.4. The molecule has 0 bridgehead atoms. The zero-order valence-corrected chi connectivity index (χ0v) is 15.1. The van der Waals surface area contributed by atoms with Crippen LogP contribution in [-0.2, 0) is 6.54 Å². The molecule has 1 atom stereocenters. The number of aryl methyl sites for hydroxylation is 1. The Hall–Kier alpha value is -1.79. The van der Waals surface area contributed by atoms with E-state index in [4.69, 9.17) is 0 Å². The largest absolute Gasteiger partial charge is 0.328 e. The fraction of sp³-hybridized carbons (Fsp3) is 0.474. The van der Waals surface area contributed by atoms with Gasteiger partial charge in [0.25, 0.3) is 5.91 Å². The first kappa shape index (κ1) is 16.7. The molecule has 1 N–H and O–H groups in total. The Balaban J connectivity index is 1.62. The van der Waals surface area contributed by atoms with Crippen molar-refractivity contribution in [1.29, 1.82) is 0 Å². The van der Waals surface area contributed by atoms with Crippen LogP contribution in [0.4, 0.5) is 4.39 Å². The molecular weight excluding hydrogens is 337 g/mol. The molecular formula is C19H22FN3OS. The zero-order valence-electron chi connectivity index (χ0n) is 14.3. The number of carbonyl (C=O) groups excluding carboxylic acids is 1. The number of piperidine rings is 1. The fourth-order valence-electron chi connectivity index (χ4n) is 3.98. The highest BCUT2D eigenvalue weighted by Gasteiger charge is 2.58. The second-order valence-electron chi connectivity index (χ2n) is 7.17. The van der Waals surface area contributed by atoms with Gasteiger partial charge in [-0.3, -0.25) is 4.79 Å². The summed E-state index contributed by atoms with van der Waals surface area (Å²) in [5.41, 5.74) is 1.19. The first-order valence-electron chi connectivity index (χ1n) is 8.75. The summed E-state index contributed by atoms with van der Waals surface area (Å²) in [7, 11) is 0. The lowest BCUT2D eigenvalue weighted by atomic mass is 9.93. The lowest BCUT2D eigenvalue weighted by Crippen LogP contribution is -2.39. The number of hydrogen-bond acceptors (Lipinski definition) is 4. The summed E-state index contributed by atoms with van der Waals surface area (Å²) in [5, 5.41) is 6.20. The van der Waals surface area contributed by atoms with Crippen LogP contribution in [0.2, 0.25) is 0 Å². The number of nitrogens with one attached hydrogen (secondary N) is 1. The molecule has 1 saturated carbocycles. The average Bonchev–Trinajstić information content (AvgIpc) is 3.04. The smallest absolute Gasteiger partial charge is 0.257 e. The molecule has 1 amide bonds. The minimum absolute atomic E-state index is 0.165. The first-order valence-corrected chi connectivity index (χ1v) is 9.63. The number of carbonyl (C=O) groups is 1. The second-order valence-corrected chi connectivity index (χ2v) is 8.15. The van der Waals surface area contributed by atoms with Crippen molar-refractivity contribution in [3.05, 3.63) is 51.7 Å². The predicted octanol–water partition coefficient (Wildman–Crippen LogP) is 3.38. The summed E-state index contributed by atoms with van der Waals surface area (Å²) < 4.78 is 14.4. The molecule has 1 aromatic carbocycles. The molecule has 1 aromatic heterocycles. The van der Waals surface area contributed by atoms with Gasteiger partial charge in [-0.15, -0.1) is 11.3 Å². The van der Waals surface area contributed by atoms with Crippen molar-refractivity contribution in [2.24, 2.45) is 5.41 Å². The van der Waals surface area contributed by atoms with E-state index in [1.165, 1.54) is 17.4 Å². The summed E-state index contributed by atoms with van der Waals surface area (Å²) in [6, 6.07) is 5.03. The van der Waals surface area contributed by atoms with E-state index in [-0.39, 0.29) is 22.9 Å². The summed E-state index contributed by atoms with van der Waals surface area (Å²) in [6.45, 7) is 4.28. The van der Waals surface area contributed by atoms with Crippen LogP contribution in [0.1, 0.15) is 40.2 Å². The van der Waals surface area contributed by atoms with Crippen molar-refractivity contribution in [3.63, 3.8) is 0 Å². The van der Waals surface area contributed by atoms with Gasteiger partial charge in [0.05, 0.1) is 12.1 Å². The van der Waals surface area contributed by atoms with Gasteiger partial charge in [0.1, 0.15) is 10.8 Å². The Morgan fingerprint density at radius 1 is 1.44 bits per heavy atom. The predicted molar refractivity (Wildman–Crippen MR) is 96.1 cm³/mol. The minimum atomic E-state index is -0.436. The van der Waals surface area contributed by atoms with Crippen LogP contribution < -0.4 is 5.32 Å². The van der Waals surface area contributed by atoms with E-state index in [0.29, 0.717) is 6.54 Å². The van der Waals surface area contributed by atoms with E-state index >= 15 is 0 Å². The number of amides is 1. The van der Waals surface area contributed by atoms with E-state index in [0.717, 1.165) is 42.9 Å². The maximum atomic E-state index is 14.4. The van der Waals surface area contributed by atoms with Crippen LogP contribution in [0.15, 0.2) is 29.8 Å². The van der Waals surface area contributed by atoms with Gasteiger partial charge in [-0.05, 0) is 62.4 Å². The van der Waals surface area contributed by atoms with Crippen LogP contribution in [0.3, 0.4) is 0 Å². The lowest BCUT2D eigenvalue weighted by Gasteiger charge is -2.29. The monoisotopic (exact) mass is 359 g/mol. The Morgan fingerprint density at radius 3 is 2.92 bits per heavy atom. The first-order chi connectivity index (χ1) is 12.1. The van der Waals surface area contributed by atoms with E-state index in [1.807, 2.05) is 17.2 Å². The van der Waals surface area contributed by atoms with Crippen molar-refractivity contribution in [1.82, 2.24) is 15.2 Å². The highest BCUT2D eigenvalue weighted by molar-refractivity contribution is 7.09. The van der Waals surface area contributed by atoms with Gasteiger partial charge >= 0.3 is 0 Å². The Kier molecular flexibility index (Phi) is 4.33. The number of rotatable bonds is 4. The van der Waals surface area contributed by atoms with Crippen LogP contribution >= 0.6 is 11.3 Å². The Morgan fingerprint density at radius 2 is 2.24 bits per heavy atom. The summed E-state index contributed by atoms with van der Waals surface area (Å²) in [6.07, 6.45) is 4.92. The second kappa shape index (κ2) is 6.50. The van der Waals surface area contributed by atoms with Crippen molar-refractivity contribution < 1.29 is 9.18 Å². The SMILES string of the molecule is Cc1ccc(C(=O)N(Cc2nccs2)C2CC23CCNCC3)c(F)c1. The van der Waals surface area contributed by atoms with Gasteiger partial charge in [-0.25, -0.2) is 9.37 Å². The van der Waals surface area contributed by atoms with E-state index in [2.05, 4.69) is 10.3 Å². The van der Waals surface area contributed by atoms with Crippen molar-refractivity contribution >= 4 is 17.2 Å². The van der Waals surface area contributed by atoms with Crippen molar-refractivity contribution in [2.45, 2.75) is 38.8 Å². The van der Waals surface area contributed by atoms with Gasteiger partial charge in [0, 0.05) is 17.6 Å². The van der Waals surface area contributed by atoms with Gasteiger partial charge in [0.15, 0.2) is 0 Å². The summed E-state index contributed by atoms with van der Waals surface area (Å²) in [5.74, 6) is -0.651. The molecule has 4 rings (SSSR count). The molecule has 1 spiro atoms. The summed E-state index contributed by atoms with van der Waals surface area (Å²) in [4.78, 5) is 19.3. The number of halogens is 1. The van der Waals surface area contributed by atoms with Crippen LogP contribution in [0.5, 0.6) is 0 Å². The molecule has 0 radical (unpaired) electrons. The maximum absolute atomic E-state index is 14.4. The lowest BCUT2D eigenvalue weighted by molar-refractivity contribution is 0.0687. The molecule has 132 valence electrons. The highest BCUT2D eigenvalue weighted by atomic mass is 32.1. The molecule has 2 fully saturated rings.